The smallest absolute Gasteiger partial charge is 0.307 e. The highest BCUT2D eigenvalue weighted by Crippen LogP contribution is 2.20. The van der Waals surface area contributed by atoms with Crippen LogP contribution in [0.15, 0.2) is 18.2 Å². The second kappa shape index (κ2) is 7.25. The lowest BCUT2D eigenvalue weighted by Gasteiger charge is -2.09. The maximum atomic E-state index is 11.9. The second-order valence-electron chi connectivity index (χ2n) is 3.77. The lowest BCUT2D eigenvalue weighted by molar-refractivity contribution is -0.142. The number of hydrogen-bond acceptors (Lipinski definition) is 5. The van der Waals surface area contributed by atoms with Crippen molar-refractivity contribution in [3.05, 3.63) is 23.8 Å². The van der Waals surface area contributed by atoms with Crippen LogP contribution in [0.3, 0.4) is 0 Å². The predicted molar refractivity (Wildman–Crippen MR) is 71.0 cm³/mol. The number of rotatable bonds is 6. The van der Waals surface area contributed by atoms with Gasteiger partial charge in [-0.2, -0.15) is 0 Å². The second-order valence-corrected chi connectivity index (χ2v) is 3.77. The van der Waals surface area contributed by atoms with Crippen LogP contribution >= 0.6 is 0 Å². The van der Waals surface area contributed by atoms with Gasteiger partial charge in [-0.15, -0.1) is 0 Å². The first-order chi connectivity index (χ1) is 9.08. The molecule has 1 rings (SSSR count). The number of nitrogens with two attached hydrogens (primary N) is 1. The summed E-state index contributed by atoms with van der Waals surface area (Å²) in [4.78, 5) is 23.0. The molecule has 19 heavy (non-hydrogen) atoms. The number of methoxy groups -OCH3 is 1. The monoisotopic (exact) mass is 266 g/mol. The van der Waals surface area contributed by atoms with Gasteiger partial charge in [-0.05, 0) is 25.1 Å². The Labute approximate surface area is 111 Å². The molecule has 0 aromatic heterocycles. The third-order valence-corrected chi connectivity index (χ3v) is 2.39. The van der Waals surface area contributed by atoms with Crippen molar-refractivity contribution in [1.82, 2.24) is 5.32 Å². The first-order valence-corrected chi connectivity index (χ1v) is 5.95. The van der Waals surface area contributed by atoms with E-state index in [1.807, 2.05) is 0 Å². The van der Waals surface area contributed by atoms with Gasteiger partial charge in [-0.1, -0.05) is 0 Å². The van der Waals surface area contributed by atoms with Crippen molar-refractivity contribution in [1.29, 1.82) is 0 Å². The maximum Gasteiger partial charge on any atom is 0.307 e. The molecule has 0 atom stereocenters. The van der Waals surface area contributed by atoms with Crippen molar-refractivity contribution >= 4 is 17.6 Å². The van der Waals surface area contributed by atoms with E-state index < -0.39 is 0 Å². The Kier molecular flexibility index (Phi) is 5.66. The van der Waals surface area contributed by atoms with Gasteiger partial charge in [0, 0.05) is 12.2 Å². The largest absolute Gasteiger partial charge is 0.496 e. The van der Waals surface area contributed by atoms with Crippen LogP contribution in [0.2, 0.25) is 0 Å². The summed E-state index contributed by atoms with van der Waals surface area (Å²) in [6.07, 6.45) is 0.129. The van der Waals surface area contributed by atoms with Gasteiger partial charge in [0.25, 0.3) is 5.91 Å². The maximum absolute atomic E-state index is 11.9. The van der Waals surface area contributed by atoms with Gasteiger partial charge in [0.05, 0.1) is 25.7 Å². The molecule has 0 aliphatic heterocycles. The molecule has 3 N–H and O–H groups in total. The number of benzene rings is 1. The molecule has 1 aromatic rings. The summed E-state index contributed by atoms with van der Waals surface area (Å²) in [5.74, 6) is -0.251. The van der Waals surface area contributed by atoms with Gasteiger partial charge >= 0.3 is 5.97 Å². The van der Waals surface area contributed by atoms with E-state index in [0.29, 0.717) is 23.6 Å². The van der Waals surface area contributed by atoms with E-state index in [4.69, 9.17) is 15.2 Å². The predicted octanol–water partition coefficient (Wildman–Crippen LogP) is 0.960. The summed E-state index contributed by atoms with van der Waals surface area (Å²) in [5.41, 5.74) is 6.43. The van der Waals surface area contributed by atoms with Crippen LogP contribution in [0.1, 0.15) is 23.7 Å². The summed E-state index contributed by atoms with van der Waals surface area (Å²) in [5, 5.41) is 2.61. The molecule has 0 bridgehead atoms. The Bertz CT molecular complexity index is 460. The summed E-state index contributed by atoms with van der Waals surface area (Å²) < 4.78 is 9.84. The number of amides is 1. The number of hydrogen-bond donors (Lipinski definition) is 2. The van der Waals surface area contributed by atoms with Crippen LogP contribution in [0.25, 0.3) is 0 Å². The van der Waals surface area contributed by atoms with Gasteiger partial charge in [0.15, 0.2) is 0 Å². The highest BCUT2D eigenvalue weighted by Gasteiger charge is 2.12. The number of nitrogen functional groups attached to an aromatic ring is 1. The van der Waals surface area contributed by atoms with Crippen LogP contribution in [0.4, 0.5) is 5.69 Å². The van der Waals surface area contributed by atoms with Gasteiger partial charge in [-0.3, -0.25) is 9.59 Å². The molecule has 1 amide bonds. The normalized spacial score (nSPS) is 9.79. The van der Waals surface area contributed by atoms with Crippen molar-refractivity contribution in [2.75, 3.05) is 26.0 Å². The summed E-state index contributed by atoms with van der Waals surface area (Å²) in [6, 6.07) is 4.79. The van der Waals surface area contributed by atoms with Gasteiger partial charge in [-0.25, -0.2) is 0 Å². The molecule has 1 aromatic carbocycles. The number of anilines is 1. The van der Waals surface area contributed by atoms with Crippen LogP contribution < -0.4 is 15.8 Å². The molecule has 0 aliphatic rings. The standard InChI is InChI=1S/C13H18N2O4/c1-3-19-12(16)6-7-15-13(17)10-8-9(14)4-5-11(10)18-2/h4-5,8H,3,6-7,14H2,1-2H3,(H,15,17). The van der Waals surface area contributed by atoms with E-state index >= 15 is 0 Å². The first-order valence-electron chi connectivity index (χ1n) is 5.95. The third-order valence-electron chi connectivity index (χ3n) is 2.39. The average Bonchev–Trinajstić information content (AvgIpc) is 2.38. The molecule has 0 saturated carbocycles. The fraction of sp³-hybridized carbons (Fsp3) is 0.385. The van der Waals surface area contributed by atoms with Crippen molar-refractivity contribution in [2.45, 2.75) is 13.3 Å². The number of nitrogens with one attached hydrogen (secondary N) is 1. The Balaban J connectivity index is 2.58. The molecule has 0 heterocycles. The summed E-state index contributed by atoms with van der Waals surface area (Å²) >= 11 is 0. The molecule has 0 aliphatic carbocycles. The molecule has 6 nitrogen and oxygen atoms in total. The Morgan fingerprint density at radius 2 is 2.11 bits per heavy atom. The first kappa shape index (κ1) is 14.8. The van der Waals surface area contributed by atoms with E-state index in [9.17, 15) is 9.59 Å². The van der Waals surface area contributed by atoms with E-state index in [-0.39, 0.29) is 24.8 Å². The highest BCUT2D eigenvalue weighted by molar-refractivity contribution is 5.97. The van der Waals surface area contributed by atoms with Crippen molar-refractivity contribution < 1.29 is 19.1 Å². The molecule has 0 unspecified atom stereocenters. The van der Waals surface area contributed by atoms with Crippen LogP contribution in [0, 0.1) is 0 Å². The minimum absolute atomic E-state index is 0.129. The highest BCUT2D eigenvalue weighted by atomic mass is 16.5. The number of esters is 1. The Hall–Kier alpha value is -2.24. The quantitative estimate of drug-likeness (QED) is 0.591. The van der Waals surface area contributed by atoms with Gasteiger partial charge in [0.1, 0.15) is 5.75 Å². The van der Waals surface area contributed by atoms with Crippen molar-refractivity contribution in [3.63, 3.8) is 0 Å². The van der Waals surface area contributed by atoms with Crippen LogP contribution in [-0.4, -0.2) is 32.1 Å². The molecule has 6 heteroatoms. The lowest BCUT2D eigenvalue weighted by atomic mass is 10.1. The van der Waals surface area contributed by atoms with Gasteiger partial charge < -0.3 is 20.5 Å². The molecule has 0 radical (unpaired) electrons. The molecule has 0 fully saturated rings. The zero-order chi connectivity index (χ0) is 14.3. The zero-order valence-corrected chi connectivity index (χ0v) is 11.1. The summed E-state index contributed by atoms with van der Waals surface area (Å²) in [6.45, 7) is 2.26. The van der Waals surface area contributed by atoms with Crippen LogP contribution in [-0.2, 0) is 9.53 Å². The Morgan fingerprint density at radius 1 is 1.37 bits per heavy atom. The molecular formula is C13H18N2O4. The van der Waals surface area contributed by atoms with E-state index in [2.05, 4.69) is 5.32 Å². The molecular weight excluding hydrogens is 248 g/mol. The fourth-order valence-corrected chi connectivity index (χ4v) is 1.51. The number of ether oxygens (including phenoxy) is 2. The number of carbonyl (C=O) groups is 2. The molecule has 0 saturated heterocycles. The molecule has 104 valence electrons. The van der Waals surface area contributed by atoms with Crippen molar-refractivity contribution in [2.24, 2.45) is 0 Å². The van der Waals surface area contributed by atoms with Crippen molar-refractivity contribution in [3.8, 4) is 5.75 Å². The topological polar surface area (TPSA) is 90.7 Å². The van der Waals surface area contributed by atoms with Gasteiger partial charge in [0.2, 0.25) is 0 Å². The minimum Gasteiger partial charge on any atom is -0.496 e. The Morgan fingerprint density at radius 3 is 2.74 bits per heavy atom. The van der Waals surface area contributed by atoms with E-state index in [1.165, 1.54) is 13.2 Å². The third kappa shape index (κ3) is 4.50. The van der Waals surface area contributed by atoms with E-state index in [0.717, 1.165) is 0 Å². The SMILES string of the molecule is CCOC(=O)CCNC(=O)c1cc(N)ccc1OC. The molecule has 0 spiro atoms. The van der Waals surface area contributed by atoms with E-state index in [1.54, 1.807) is 19.1 Å². The van der Waals surface area contributed by atoms with Crippen LogP contribution in [0.5, 0.6) is 5.75 Å². The summed E-state index contributed by atoms with van der Waals surface area (Å²) in [7, 11) is 1.47. The average molecular weight is 266 g/mol. The minimum atomic E-state index is -0.345. The number of carbonyl (C=O) groups excluding carboxylic acids is 2. The fourth-order valence-electron chi connectivity index (χ4n) is 1.51. The lowest BCUT2D eigenvalue weighted by Crippen LogP contribution is -2.27. The zero-order valence-electron chi connectivity index (χ0n) is 11.1.